The third-order valence-corrected chi connectivity index (χ3v) is 3.63. The van der Waals surface area contributed by atoms with E-state index in [1.807, 2.05) is 24.4 Å². The Kier molecular flexibility index (Phi) is 6.43. The Hall–Kier alpha value is -1.66. The molecule has 1 aliphatic heterocycles. The monoisotopic (exact) mass is 292 g/mol. The molecular formula is C15H24N4O2. The molecule has 2 heterocycles. The molecule has 21 heavy (non-hydrogen) atoms. The molecule has 1 aromatic heterocycles. The van der Waals surface area contributed by atoms with Crippen LogP contribution in [-0.2, 0) is 11.3 Å². The van der Waals surface area contributed by atoms with Gasteiger partial charge in [0.15, 0.2) is 0 Å². The van der Waals surface area contributed by atoms with Crippen molar-refractivity contribution < 1.29 is 9.53 Å². The predicted octanol–water partition coefficient (Wildman–Crippen LogP) is 0.992. The molecule has 0 unspecified atom stereocenters. The number of urea groups is 1. The summed E-state index contributed by atoms with van der Waals surface area (Å²) < 4.78 is 4.90. The van der Waals surface area contributed by atoms with E-state index in [4.69, 9.17) is 4.74 Å². The van der Waals surface area contributed by atoms with Crippen molar-refractivity contribution in [1.29, 1.82) is 0 Å². The summed E-state index contributed by atoms with van der Waals surface area (Å²) in [5.74, 6) is 0. The molecule has 2 N–H and O–H groups in total. The Morgan fingerprint density at radius 3 is 2.90 bits per heavy atom. The van der Waals surface area contributed by atoms with Crippen LogP contribution in [0.25, 0.3) is 0 Å². The smallest absolute Gasteiger partial charge is 0.315 e. The fourth-order valence-electron chi connectivity index (χ4n) is 2.46. The third-order valence-electron chi connectivity index (χ3n) is 3.63. The van der Waals surface area contributed by atoms with Gasteiger partial charge in [0.05, 0.1) is 12.3 Å². The first-order valence-corrected chi connectivity index (χ1v) is 7.43. The maximum Gasteiger partial charge on any atom is 0.315 e. The second-order valence-corrected chi connectivity index (χ2v) is 5.26. The highest BCUT2D eigenvalue weighted by Gasteiger charge is 2.20. The zero-order valence-electron chi connectivity index (χ0n) is 12.5. The number of amides is 2. The van der Waals surface area contributed by atoms with Crippen LogP contribution in [0.15, 0.2) is 24.4 Å². The fourth-order valence-corrected chi connectivity index (χ4v) is 2.46. The Morgan fingerprint density at radius 2 is 2.24 bits per heavy atom. The summed E-state index contributed by atoms with van der Waals surface area (Å²) in [7, 11) is 1.62. The van der Waals surface area contributed by atoms with Crippen molar-refractivity contribution in [3.05, 3.63) is 30.1 Å². The molecule has 2 amide bonds. The number of likely N-dealkylation sites (tertiary alicyclic amines) is 1. The number of piperidine rings is 1. The number of nitrogens with zero attached hydrogens (tertiary/aromatic N) is 2. The van der Waals surface area contributed by atoms with E-state index in [-0.39, 0.29) is 12.1 Å². The highest BCUT2D eigenvalue weighted by molar-refractivity contribution is 5.74. The van der Waals surface area contributed by atoms with Gasteiger partial charge in [-0.05, 0) is 25.0 Å². The minimum atomic E-state index is -0.102. The van der Waals surface area contributed by atoms with Gasteiger partial charge in [-0.2, -0.15) is 0 Å². The molecule has 0 aromatic carbocycles. The molecule has 0 atom stereocenters. The molecule has 0 saturated carbocycles. The third kappa shape index (κ3) is 5.69. The number of carbonyl (C=O) groups is 1. The van der Waals surface area contributed by atoms with Gasteiger partial charge in [-0.25, -0.2) is 4.79 Å². The number of nitrogens with one attached hydrogen (secondary N) is 2. The minimum absolute atomic E-state index is 0.102. The molecule has 1 aromatic rings. The van der Waals surface area contributed by atoms with Gasteiger partial charge >= 0.3 is 6.03 Å². The van der Waals surface area contributed by atoms with E-state index < -0.39 is 0 Å². The van der Waals surface area contributed by atoms with E-state index >= 15 is 0 Å². The lowest BCUT2D eigenvalue weighted by Crippen LogP contribution is -2.48. The largest absolute Gasteiger partial charge is 0.383 e. The van der Waals surface area contributed by atoms with Crippen LogP contribution < -0.4 is 10.6 Å². The van der Waals surface area contributed by atoms with Crippen molar-refractivity contribution in [2.75, 3.05) is 33.4 Å². The zero-order chi connectivity index (χ0) is 14.9. The lowest BCUT2D eigenvalue weighted by Gasteiger charge is -2.32. The maximum absolute atomic E-state index is 11.7. The average molecular weight is 292 g/mol. The van der Waals surface area contributed by atoms with Crippen molar-refractivity contribution in [2.24, 2.45) is 0 Å². The van der Waals surface area contributed by atoms with Crippen LogP contribution in [0.3, 0.4) is 0 Å². The number of aromatic nitrogens is 1. The van der Waals surface area contributed by atoms with Crippen LogP contribution in [0.5, 0.6) is 0 Å². The van der Waals surface area contributed by atoms with Crippen LogP contribution in [0.4, 0.5) is 4.79 Å². The molecule has 0 radical (unpaired) electrons. The number of pyridine rings is 1. The minimum Gasteiger partial charge on any atom is -0.383 e. The zero-order valence-corrected chi connectivity index (χ0v) is 12.5. The molecule has 0 aliphatic carbocycles. The number of hydrogen-bond donors (Lipinski definition) is 2. The Balaban J connectivity index is 1.65. The summed E-state index contributed by atoms with van der Waals surface area (Å²) in [5, 5.41) is 5.80. The van der Waals surface area contributed by atoms with E-state index in [0.29, 0.717) is 13.2 Å². The quantitative estimate of drug-likeness (QED) is 0.768. The normalized spacial score (nSPS) is 16.6. The second-order valence-electron chi connectivity index (χ2n) is 5.26. The molecule has 2 rings (SSSR count). The standard InChI is InChI=1S/C15H24N4O2/c1-21-11-8-17-15(20)18-13-5-9-19(10-6-13)12-14-4-2-3-7-16-14/h2-4,7,13H,5-6,8-12H2,1H3,(H2,17,18,20). The van der Waals surface area contributed by atoms with Crippen molar-refractivity contribution in [3.8, 4) is 0 Å². The Bertz CT molecular complexity index is 419. The predicted molar refractivity (Wildman–Crippen MR) is 80.9 cm³/mol. The molecule has 6 heteroatoms. The molecular weight excluding hydrogens is 268 g/mol. The maximum atomic E-state index is 11.7. The summed E-state index contributed by atoms with van der Waals surface area (Å²) in [6.07, 6.45) is 3.78. The number of rotatable bonds is 6. The van der Waals surface area contributed by atoms with Gasteiger partial charge in [0.25, 0.3) is 0 Å². The summed E-state index contributed by atoms with van der Waals surface area (Å²) in [4.78, 5) is 18.4. The SMILES string of the molecule is COCCNC(=O)NC1CCN(Cc2ccccn2)CC1. The highest BCUT2D eigenvalue weighted by atomic mass is 16.5. The summed E-state index contributed by atoms with van der Waals surface area (Å²) >= 11 is 0. The summed E-state index contributed by atoms with van der Waals surface area (Å²) in [6.45, 7) is 3.93. The molecule has 1 fully saturated rings. The van der Waals surface area contributed by atoms with Gasteiger partial charge in [0.2, 0.25) is 0 Å². The van der Waals surface area contributed by atoms with Gasteiger partial charge < -0.3 is 15.4 Å². The number of ether oxygens (including phenoxy) is 1. The van der Waals surface area contributed by atoms with Crippen molar-refractivity contribution in [1.82, 2.24) is 20.5 Å². The van der Waals surface area contributed by atoms with Crippen LogP contribution in [0.1, 0.15) is 18.5 Å². The van der Waals surface area contributed by atoms with E-state index in [1.165, 1.54) is 0 Å². The van der Waals surface area contributed by atoms with Crippen molar-refractivity contribution in [2.45, 2.75) is 25.4 Å². The molecule has 6 nitrogen and oxygen atoms in total. The lowest BCUT2D eigenvalue weighted by molar-refractivity contribution is 0.180. The molecule has 0 spiro atoms. The summed E-state index contributed by atoms with van der Waals surface area (Å²) in [5.41, 5.74) is 1.10. The van der Waals surface area contributed by atoms with Crippen molar-refractivity contribution in [3.63, 3.8) is 0 Å². The Morgan fingerprint density at radius 1 is 1.43 bits per heavy atom. The number of hydrogen-bond acceptors (Lipinski definition) is 4. The van der Waals surface area contributed by atoms with Gasteiger partial charge in [0.1, 0.15) is 0 Å². The molecule has 1 aliphatic rings. The highest BCUT2D eigenvalue weighted by Crippen LogP contribution is 2.12. The van der Waals surface area contributed by atoms with Crippen LogP contribution in [0.2, 0.25) is 0 Å². The molecule has 1 saturated heterocycles. The topological polar surface area (TPSA) is 66.5 Å². The van der Waals surface area contributed by atoms with Crippen molar-refractivity contribution >= 4 is 6.03 Å². The summed E-state index contributed by atoms with van der Waals surface area (Å²) in [6, 6.07) is 6.15. The fraction of sp³-hybridized carbons (Fsp3) is 0.600. The van der Waals surface area contributed by atoms with E-state index in [9.17, 15) is 4.79 Å². The van der Waals surface area contributed by atoms with Gasteiger partial charge in [-0.1, -0.05) is 6.07 Å². The first-order valence-electron chi connectivity index (χ1n) is 7.43. The second kappa shape index (κ2) is 8.59. The first-order chi connectivity index (χ1) is 10.3. The van der Waals surface area contributed by atoms with Gasteiger partial charge in [-0.15, -0.1) is 0 Å². The number of methoxy groups -OCH3 is 1. The first kappa shape index (κ1) is 15.7. The van der Waals surface area contributed by atoms with Crippen LogP contribution in [-0.4, -0.2) is 55.3 Å². The lowest BCUT2D eigenvalue weighted by atomic mass is 10.1. The van der Waals surface area contributed by atoms with Gasteiger partial charge in [0, 0.05) is 45.5 Å². The van der Waals surface area contributed by atoms with E-state index in [0.717, 1.165) is 38.2 Å². The van der Waals surface area contributed by atoms with Crippen LogP contribution in [0, 0.1) is 0 Å². The average Bonchev–Trinajstić information content (AvgIpc) is 2.51. The van der Waals surface area contributed by atoms with E-state index in [1.54, 1.807) is 7.11 Å². The van der Waals surface area contributed by atoms with Crippen LogP contribution >= 0.6 is 0 Å². The molecule has 116 valence electrons. The molecule has 0 bridgehead atoms. The van der Waals surface area contributed by atoms with Gasteiger partial charge in [-0.3, -0.25) is 9.88 Å². The number of carbonyl (C=O) groups excluding carboxylic acids is 1. The Labute approximate surface area is 125 Å². The van der Waals surface area contributed by atoms with E-state index in [2.05, 4.69) is 20.5 Å².